The number of fused-ring (bicyclic) bond motifs is 1. The maximum absolute atomic E-state index is 5.57. The molecule has 3 aliphatic heterocycles. The van der Waals surface area contributed by atoms with Crippen molar-refractivity contribution in [1.82, 2.24) is 5.43 Å². The molecule has 4 rings (SSSR count). The van der Waals surface area contributed by atoms with E-state index in [9.17, 15) is 0 Å². The van der Waals surface area contributed by atoms with E-state index in [-0.39, 0.29) is 12.9 Å². The number of amidine groups is 1. The van der Waals surface area contributed by atoms with Gasteiger partial charge in [-0.2, -0.15) is 5.10 Å². The molecule has 1 unspecified atom stereocenters. The number of nitrogens with one attached hydrogen (secondary N) is 1. The smallest absolute Gasteiger partial charge is 0.231 e. The lowest BCUT2D eigenvalue weighted by Crippen LogP contribution is -2.26. The molecule has 1 atom stereocenters. The van der Waals surface area contributed by atoms with Crippen molar-refractivity contribution in [2.75, 3.05) is 25.7 Å². The number of hydrogen-bond donors (Lipinski definition) is 1. The molecule has 3 aliphatic rings. The van der Waals surface area contributed by atoms with E-state index in [1.807, 2.05) is 18.2 Å². The van der Waals surface area contributed by atoms with Crippen molar-refractivity contribution in [2.45, 2.75) is 18.9 Å². The molecule has 1 aromatic carbocycles. The van der Waals surface area contributed by atoms with Gasteiger partial charge in [0.05, 0.1) is 18.4 Å². The summed E-state index contributed by atoms with van der Waals surface area (Å²) in [5.74, 6) is 2.36. The zero-order valence-corrected chi connectivity index (χ0v) is 12.9. The molecular weight excluding hydrogens is 302 g/mol. The average Bonchev–Trinajstić information content (AvgIpc) is 3.24. The van der Waals surface area contributed by atoms with Gasteiger partial charge in [0.15, 0.2) is 16.7 Å². The Morgan fingerprint density at radius 2 is 2.27 bits per heavy atom. The van der Waals surface area contributed by atoms with Gasteiger partial charge in [0.2, 0.25) is 6.79 Å². The molecule has 0 aromatic heterocycles. The molecular formula is C15H17N3O3S. The third kappa shape index (κ3) is 2.91. The molecule has 0 bridgehead atoms. The minimum atomic E-state index is 0.272. The van der Waals surface area contributed by atoms with Gasteiger partial charge in [-0.05, 0) is 31.0 Å². The number of thioether (sulfide) groups is 1. The zero-order valence-electron chi connectivity index (χ0n) is 12.1. The fourth-order valence-corrected chi connectivity index (χ4v) is 3.38. The molecule has 0 amide bonds. The molecule has 1 fully saturated rings. The summed E-state index contributed by atoms with van der Waals surface area (Å²) < 4.78 is 16.3. The lowest BCUT2D eigenvalue weighted by molar-refractivity contribution is 0.118. The Bertz CT molecular complexity index is 626. The monoisotopic (exact) mass is 319 g/mol. The second-order valence-corrected chi connectivity index (χ2v) is 6.27. The highest BCUT2D eigenvalue weighted by Crippen LogP contribution is 2.33. The van der Waals surface area contributed by atoms with Crippen molar-refractivity contribution in [2.24, 2.45) is 10.1 Å². The Hall–Kier alpha value is -1.73. The maximum Gasteiger partial charge on any atom is 0.231 e. The van der Waals surface area contributed by atoms with Crippen LogP contribution in [0.3, 0.4) is 0 Å². The van der Waals surface area contributed by atoms with Crippen molar-refractivity contribution in [3.8, 4) is 11.5 Å². The van der Waals surface area contributed by atoms with Gasteiger partial charge in [-0.1, -0.05) is 11.8 Å². The van der Waals surface area contributed by atoms with Crippen LogP contribution in [0.2, 0.25) is 0 Å². The zero-order chi connectivity index (χ0) is 14.8. The number of benzene rings is 1. The molecule has 0 aliphatic carbocycles. The molecule has 0 saturated carbocycles. The molecule has 3 heterocycles. The summed E-state index contributed by atoms with van der Waals surface area (Å²) in [4.78, 5) is 4.54. The van der Waals surface area contributed by atoms with E-state index in [1.54, 1.807) is 11.8 Å². The molecule has 1 aromatic rings. The Morgan fingerprint density at radius 3 is 3.09 bits per heavy atom. The van der Waals surface area contributed by atoms with Crippen molar-refractivity contribution in [3.63, 3.8) is 0 Å². The van der Waals surface area contributed by atoms with Crippen molar-refractivity contribution < 1.29 is 14.2 Å². The molecule has 0 radical (unpaired) electrons. The normalized spacial score (nSPS) is 25.2. The summed E-state index contributed by atoms with van der Waals surface area (Å²) in [6.45, 7) is 1.87. The van der Waals surface area contributed by atoms with Crippen LogP contribution in [0.25, 0.3) is 0 Å². The van der Waals surface area contributed by atoms with E-state index in [1.165, 1.54) is 0 Å². The number of hydrazone groups is 1. The van der Waals surface area contributed by atoms with Gasteiger partial charge in [0, 0.05) is 17.9 Å². The predicted molar refractivity (Wildman–Crippen MR) is 86.0 cm³/mol. The average molecular weight is 319 g/mol. The van der Waals surface area contributed by atoms with E-state index < -0.39 is 0 Å². The molecule has 1 saturated heterocycles. The van der Waals surface area contributed by atoms with Crippen molar-refractivity contribution in [3.05, 3.63) is 23.8 Å². The first-order valence-electron chi connectivity index (χ1n) is 7.40. The number of aliphatic imine (C=N–C) groups is 1. The minimum absolute atomic E-state index is 0.272. The molecule has 0 spiro atoms. The van der Waals surface area contributed by atoms with Gasteiger partial charge < -0.3 is 14.2 Å². The SMILES string of the molecule is c1cc2c(cc1C1=NNC(=NCC3CCCO3)SC1)OCO2. The predicted octanol–water partition coefficient (Wildman–Crippen LogP) is 1.99. The Labute approximate surface area is 132 Å². The topological polar surface area (TPSA) is 64.4 Å². The molecule has 1 N–H and O–H groups in total. The fourth-order valence-electron chi connectivity index (χ4n) is 2.59. The van der Waals surface area contributed by atoms with Gasteiger partial charge in [-0.3, -0.25) is 10.4 Å². The Kier molecular flexibility index (Phi) is 3.90. The van der Waals surface area contributed by atoms with Crippen LogP contribution >= 0.6 is 11.8 Å². The summed E-state index contributed by atoms with van der Waals surface area (Å²) in [5.41, 5.74) is 5.06. The first kappa shape index (κ1) is 13.9. The van der Waals surface area contributed by atoms with Crippen molar-refractivity contribution >= 4 is 22.6 Å². The molecule has 22 heavy (non-hydrogen) atoms. The van der Waals surface area contributed by atoms with E-state index >= 15 is 0 Å². The Balaban J connectivity index is 1.41. The van der Waals surface area contributed by atoms with E-state index in [0.29, 0.717) is 6.54 Å². The van der Waals surface area contributed by atoms with Crippen molar-refractivity contribution in [1.29, 1.82) is 0 Å². The van der Waals surface area contributed by atoms with Gasteiger partial charge in [0.25, 0.3) is 0 Å². The van der Waals surface area contributed by atoms with Crippen LogP contribution in [-0.2, 0) is 4.74 Å². The number of rotatable bonds is 3. The first-order valence-corrected chi connectivity index (χ1v) is 8.38. The van der Waals surface area contributed by atoms with Crippen LogP contribution < -0.4 is 14.9 Å². The highest BCUT2D eigenvalue weighted by molar-refractivity contribution is 8.14. The van der Waals surface area contributed by atoms with E-state index in [2.05, 4.69) is 15.5 Å². The largest absolute Gasteiger partial charge is 0.454 e. The Morgan fingerprint density at radius 1 is 1.32 bits per heavy atom. The second-order valence-electron chi connectivity index (χ2n) is 5.31. The van der Waals surface area contributed by atoms with Gasteiger partial charge in [-0.15, -0.1) is 0 Å². The molecule has 116 valence electrons. The summed E-state index contributed by atoms with van der Waals surface area (Å²) in [6.07, 6.45) is 2.52. The standard InChI is InChI=1S/C15H17N3O3S/c1-2-11(19-5-1)7-16-15-18-17-12(8-22-15)10-3-4-13-14(6-10)21-9-20-13/h3-4,6,11H,1-2,5,7-9H2,(H,16,18). The third-order valence-electron chi connectivity index (χ3n) is 3.80. The number of nitrogens with zero attached hydrogens (tertiary/aromatic N) is 2. The summed E-state index contributed by atoms with van der Waals surface area (Å²) >= 11 is 1.66. The quantitative estimate of drug-likeness (QED) is 0.923. The van der Waals surface area contributed by atoms with E-state index in [0.717, 1.165) is 53.1 Å². The van der Waals surface area contributed by atoms with Crippen LogP contribution in [0.5, 0.6) is 11.5 Å². The summed E-state index contributed by atoms with van der Waals surface area (Å²) in [6, 6.07) is 5.90. The number of hydrogen-bond acceptors (Lipinski definition) is 6. The molecule has 7 heteroatoms. The highest BCUT2D eigenvalue weighted by Gasteiger charge is 2.19. The fraction of sp³-hybridized carbons (Fsp3) is 0.467. The van der Waals surface area contributed by atoms with Crippen LogP contribution in [0.15, 0.2) is 28.3 Å². The summed E-state index contributed by atoms with van der Waals surface area (Å²) in [7, 11) is 0. The second kappa shape index (κ2) is 6.18. The molecule has 6 nitrogen and oxygen atoms in total. The summed E-state index contributed by atoms with van der Waals surface area (Å²) in [5, 5.41) is 5.29. The number of ether oxygens (including phenoxy) is 3. The lowest BCUT2D eigenvalue weighted by Gasteiger charge is -2.15. The maximum atomic E-state index is 5.57. The van der Waals surface area contributed by atoms with Crippen LogP contribution in [0, 0.1) is 0 Å². The van der Waals surface area contributed by atoms with Gasteiger partial charge in [0.1, 0.15) is 0 Å². The van der Waals surface area contributed by atoms with Crippen LogP contribution in [0.4, 0.5) is 0 Å². The van der Waals surface area contributed by atoms with E-state index in [4.69, 9.17) is 14.2 Å². The first-order chi connectivity index (χ1) is 10.9. The van der Waals surface area contributed by atoms with Gasteiger partial charge in [-0.25, -0.2) is 0 Å². The lowest BCUT2D eigenvalue weighted by atomic mass is 10.1. The van der Waals surface area contributed by atoms with Crippen LogP contribution in [-0.4, -0.2) is 42.7 Å². The third-order valence-corrected chi connectivity index (χ3v) is 4.71. The highest BCUT2D eigenvalue weighted by atomic mass is 32.2. The van der Waals surface area contributed by atoms with Gasteiger partial charge >= 0.3 is 0 Å². The van der Waals surface area contributed by atoms with Crippen LogP contribution in [0.1, 0.15) is 18.4 Å². The minimum Gasteiger partial charge on any atom is -0.454 e.